The zero-order chi connectivity index (χ0) is 26.0. The Labute approximate surface area is 222 Å². The minimum absolute atomic E-state index is 0.181. The highest BCUT2D eigenvalue weighted by Gasteiger charge is 2.23. The maximum absolute atomic E-state index is 10.8. The van der Waals surface area contributed by atoms with Crippen LogP contribution in [0.2, 0.25) is 5.02 Å². The molecule has 0 saturated carbocycles. The maximum atomic E-state index is 10.8. The monoisotopic (exact) mass is 521 g/mol. The SMILES string of the molecule is COCCN(Cc1c(-c2ccccc2)nn(C)c1Oc1ccc(Cl)cc1)CC(O)COc1ccccc1. The second-order valence-corrected chi connectivity index (χ2v) is 9.12. The van der Waals surface area contributed by atoms with Gasteiger partial charge in [0.1, 0.15) is 29.9 Å². The molecule has 194 valence electrons. The summed E-state index contributed by atoms with van der Waals surface area (Å²) in [5, 5.41) is 16.3. The summed E-state index contributed by atoms with van der Waals surface area (Å²) in [6, 6.07) is 26.7. The lowest BCUT2D eigenvalue weighted by Crippen LogP contribution is -2.37. The standard InChI is InChI=1S/C29H32ClN3O4/c1-32-29(37-26-15-13-23(30)14-16-26)27(28(31-32)22-9-5-3-6-10-22)20-33(17-18-35-2)19-24(34)21-36-25-11-7-4-8-12-25/h3-16,24,34H,17-21H2,1-2H3. The Morgan fingerprint density at radius 2 is 1.62 bits per heavy atom. The van der Waals surface area contributed by atoms with Gasteiger partial charge in [-0.1, -0.05) is 60.1 Å². The summed E-state index contributed by atoms with van der Waals surface area (Å²) in [6.07, 6.45) is -0.699. The van der Waals surface area contributed by atoms with Crippen molar-refractivity contribution in [3.63, 3.8) is 0 Å². The molecule has 0 saturated heterocycles. The van der Waals surface area contributed by atoms with Gasteiger partial charge in [-0.15, -0.1) is 0 Å². The van der Waals surface area contributed by atoms with Crippen molar-refractivity contribution < 1.29 is 19.3 Å². The van der Waals surface area contributed by atoms with Crippen LogP contribution in [0.3, 0.4) is 0 Å². The van der Waals surface area contributed by atoms with Gasteiger partial charge in [-0.25, -0.2) is 4.68 Å². The molecule has 8 heteroatoms. The number of nitrogens with zero attached hydrogens (tertiary/aromatic N) is 3. The molecule has 0 fully saturated rings. The lowest BCUT2D eigenvalue weighted by molar-refractivity contribution is 0.0540. The van der Waals surface area contributed by atoms with Gasteiger partial charge in [0.15, 0.2) is 0 Å². The number of benzene rings is 3. The van der Waals surface area contributed by atoms with E-state index in [4.69, 9.17) is 30.9 Å². The van der Waals surface area contributed by atoms with Gasteiger partial charge in [-0.3, -0.25) is 4.90 Å². The minimum Gasteiger partial charge on any atom is -0.491 e. The van der Waals surface area contributed by atoms with Gasteiger partial charge in [0.05, 0.1) is 12.2 Å². The van der Waals surface area contributed by atoms with E-state index in [-0.39, 0.29) is 6.61 Å². The summed E-state index contributed by atoms with van der Waals surface area (Å²) < 4.78 is 19.2. The second kappa shape index (κ2) is 13.3. The van der Waals surface area contributed by atoms with Crippen molar-refractivity contribution in [3.05, 3.63) is 95.5 Å². The van der Waals surface area contributed by atoms with Crippen LogP contribution in [0, 0.1) is 0 Å². The molecular weight excluding hydrogens is 490 g/mol. The molecule has 1 atom stereocenters. The summed E-state index contributed by atoms with van der Waals surface area (Å²) in [4.78, 5) is 2.13. The summed E-state index contributed by atoms with van der Waals surface area (Å²) in [5.41, 5.74) is 2.72. The van der Waals surface area contributed by atoms with E-state index >= 15 is 0 Å². The molecule has 7 nitrogen and oxygen atoms in total. The summed E-state index contributed by atoms with van der Waals surface area (Å²) in [7, 11) is 3.53. The summed E-state index contributed by atoms with van der Waals surface area (Å²) in [6.45, 7) is 2.19. The molecule has 0 spiro atoms. The number of halogens is 1. The number of rotatable bonds is 13. The van der Waals surface area contributed by atoms with Crippen LogP contribution in [-0.4, -0.2) is 59.3 Å². The number of aliphatic hydroxyl groups is 1. The van der Waals surface area contributed by atoms with E-state index in [1.807, 2.05) is 79.8 Å². The van der Waals surface area contributed by atoms with Crippen molar-refractivity contribution in [3.8, 4) is 28.6 Å². The van der Waals surface area contributed by atoms with Gasteiger partial charge in [0.25, 0.3) is 0 Å². The topological polar surface area (TPSA) is 69.0 Å². The van der Waals surface area contributed by atoms with Gasteiger partial charge in [0.2, 0.25) is 5.88 Å². The first-order valence-corrected chi connectivity index (χ1v) is 12.5. The van der Waals surface area contributed by atoms with Crippen molar-refractivity contribution in [2.45, 2.75) is 12.6 Å². The smallest absolute Gasteiger partial charge is 0.222 e. The van der Waals surface area contributed by atoms with E-state index < -0.39 is 6.10 Å². The number of hydrogen-bond acceptors (Lipinski definition) is 6. The van der Waals surface area contributed by atoms with Crippen molar-refractivity contribution in [2.24, 2.45) is 7.05 Å². The third-order valence-corrected chi connectivity index (χ3v) is 6.06. The van der Waals surface area contributed by atoms with E-state index in [9.17, 15) is 5.11 Å². The van der Waals surface area contributed by atoms with Gasteiger partial charge in [-0.05, 0) is 36.4 Å². The van der Waals surface area contributed by atoms with E-state index in [0.717, 1.165) is 22.6 Å². The lowest BCUT2D eigenvalue weighted by atomic mass is 10.1. The molecule has 3 aromatic carbocycles. The van der Waals surface area contributed by atoms with Gasteiger partial charge >= 0.3 is 0 Å². The average molecular weight is 522 g/mol. The van der Waals surface area contributed by atoms with Gasteiger partial charge in [0, 0.05) is 44.4 Å². The van der Waals surface area contributed by atoms with E-state index in [2.05, 4.69) is 4.90 Å². The molecular formula is C29H32ClN3O4. The number of hydrogen-bond donors (Lipinski definition) is 1. The quantitative estimate of drug-likeness (QED) is 0.253. The molecule has 4 rings (SSSR count). The fraction of sp³-hybridized carbons (Fsp3) is 0.276. The number of aromatic nitrogens is 2. The van der Waals surface area contributed by atoms with E-state index in [1.54, 1.807) is 23.9 Å². The Kier molecular flexibility index (Phi) is 9.57. The van der Waals surface area contributed by atoms with Crippen LogP contribution in [0.1, 0.15) is 5.56 Å². The zero-order valence-corrected chi connectivity index (χ0v) is 21.8. The number of ether oxygens (including phenoxy) is 3. The molecule has 0 aliphatic carbocycles. The molecule has 1 heterocycles. The zero-order valence-electron chi connectivity index (χ0n) is 21.1. The van der Waals surface area contributed by atoms with Crippen molar-refractivity contribution >= 4 is 11.6 Å². The first-order chi connectivity index (χ1) is 18.0. The maximum Gasteiger partial charge on any atom is 0.222 e. The third kappa shape index (κ3) is 7.57. The number of aryl methyl sites for hydroxylation is 1. The van der Waals surface area contributed by atoms with Crippen molar-refractivity contribution in [1.29, 1.82) is 0 Å². The van der Waals surface area contributed by atoms with Crippen LogP contribution >= 0.6 is 11.6 Å². The highest BCUT2D eigenvalue weighted by atomic mass is 35.5. The third-order valence-electron chi connectivity index (χ3n) is 5.81. The predicted octanol–water partition coefficient (Wildman–Crippen LogP) is 5.42. The van der Waals surface area contributed by atoms with Crippen LogP contribution in [0.15, 0.2) is 84.9 Å². The average Bonchev–Trinajstić information content (AvgIpc) is 3.22. The van der Waals surface area contributed by atoms with Gasteiger partial charge < -0.3 is 19.3 Å². The Balaban J connectivity index is 1.59. The summed E-state index contributed by atoms with van der Waals surface area (Å²) in [5.74, 6) is 2.01. The van der Waals surface area contributed by atoms with Crippen LogP contribution in [-0.2, 0) is 18.3 Å². The fourth-order valence-corrected chi connectivity index (χ4v) is 4.13. The lowest BCUT2D eigenvalue weighted by Gasteiger charge is -2.25. The Hall–Kier alpha value is -3.36. The molecule has 1 unspecified atom stereocenters. The Morgan fingerprint density at radius 3 is 2.30 bits per heavy atom. The number of para-hydroxylation sites is 1. The Bertz CT molecular complexity index is 1230. The summed E-state index contributed by atoms with van der Waals surface area (Å²) >= 11 is 6.07. The first kappa shape index (κ1) is 26.7. The molecule has 37 heavy (non-hydrogen) atoms. The molecule has 0 aliphatic heterocycles. The molecule has 0 bridgehead atoms. The number of methoxy groups -OCH3 is 1. The van der Waals surface area contributed by atoms with Crippen LogP contribution in [0.25, 0.3) is 11.3 Å². The first-order valence-electron chi connectivity index (χ1n) is 12.2. The molecule has 0 radical (unpaired) electrons. The Morgan fingerprint density at radius 1 is 0.946 bits per heavy atom. The van der Waals surface area contributed by atoms with Crippen molar-refractivity contribution in [2.75, 3.05) is 33.4 Å². The van der Waals surface area contributed by atoms with E-state index in [0.29, 0.717) is 42.9 Å². The fourth-order valence-electron chi connectivity index (χ4n) is 4.00. The van der Waals surface area contributed by atoms with Gasteiger partial charge in [-0.2, -0.15) is 5.10 Å². The minimum atomic E-state index is -0.699. The predicted molar refractivity (Wildman–Crippen MR) is 145 cm³/mol. The van der Waals surface area contributed by atoms with Crippen LogP contribution < -0.4 is 9.47 Å². The highest BCUT2D eigenvalue weighted by Crippen LogP contribution is 2.34. The van der Waals surface area contributed by atoms with E-state index in [1.165, 1.54) is 0 Å². The second-order valence-electron chi connectivity index (χ2n) is 8.68. The molecule has 1 aromatic heterocycles. The highest BCUT2D eigenvalue weighted by molar-refractivity contribution is 6.30. The van der Waals surface area contributed by atoms with Crippen LogP contribution in [0.5, 0.6) is 17.4 Å². The molecule has 4 aromatic rings. The molecule has 0 amide bonds. The molecule has 0 aliphatic rings. The number of aliphatic hydroxyl groups excluding tert-OH is 1. The largest absolute Gasteiger partial charge is 0.491 e. The van der Waals surface area contributed by atoms with Crippen LogP contribution in [0.4, 0.5) is 0 Å². The normalized spacial score (nSPS) is 12.0. The molecule has 1 N–H and O–H groups in total. The van der Waals surface area contributed by atoms with Crippen molar-refractivity contribution in [1.82, 2.24) is 14.7 Å².